The van der Waals surface area contributed by atoms with Crippen molar-refractivity contribution in [2.45, 2.75) is 64.1 Å². The molecule has 0 aromatic carbocycles. The molecule has 0 radical (unpaired) electrons. The number of thiazole rings is 1. The van der Waals surface area contributed by atoms with Crippen molar-refractivity contribution in [2.24, 2.45) is 16.3 Å². The van der Waals surface area contributed by atoms with E-state index in [0.29, 0.717) is 23.5 Å². The fourth-order valence-electron chi connectivity index (χ4n) is 5.00. The second-order valence-electron chi connectivity index (χ2n) is 7.31. The van der Waals surface area contributed by atoms with E-state index in [1.54, 1.807) is 11.3 Å². The summed E-state index contributed by atoms with van der Waals surface area (Å²) in [6, 6.07) is 0.515. The Morgan fingerprint density at radius 1 is 1.46 bits per heavy atom. The molecule has 3 unspecified atom stereocenters. The fraction of sp³-hybridized carbons (Fsp3) is 0.778. The number of fused-ring (bicyclic) bond motifs is 2. The Hall–Kier alpha value is -1.14. The van der Waals surface area contributed by atoms with Crippen molar-refractivity contribution in [2.75, 3.05) is 13.7 Å². The minimum Gasteiger partial charge on any atom is -0.377 e. The van der Waals surface area contributed by atoms with E-state index in [0.717, 1.165) is 30.5 Å². The molecule has 2 saturated carbocycles. The number of ether oxygens (including phenoxy) is 1. The summed E-state index contributed by atoms with van der Waals surface area (Å²) >= 11 is 1.78. The highest BCUT2D eigenvalue weighted by molar-refractivity contribution is 7.11. The monoisotopic (exact) mass is 348 g/mol. The number of hydrogen-bond acceptors (Lipinski definition) is 4. The lowest BCUT2D eigenvalue weighted by Crippen LogP contribution is -2.69. The van der Waals surface area contributed by atoms with E-state index in [-0.39, 0.29) is 0 Å². The molecule has 1 aromatic rings. The Morgan fingerprint density at radius 3 is 3.00 bits per heavy atom. The van der Waals surface area contributed by atoms with Crippen LogP contribution in [0.4, 0.5) is 0 Å². The van der Waals surface area contributed by atoms with Crippen molar-refractivity contribution in [1.82, 2.24) is 15.6 Å². The molecule has 2 heterocycles. The Kier molecular flexibility index (Phi) is 4.52. The number of nitrogens with zero attached hydrogens (tertiary/aromatic N) is 2. The molecule has 1 aliphatic heterocycles. The van der Waals surface area contributed by atoms with Gasteiger partial charge in [0.05, 0.1) is 12.6 Å². The number of nitrogens with one attached hydrogen (secondary N) is 2. The zero-order valence-electron chi connectivity index (χ0n) is 14.7. The van der Waals surface area contributed by atoms with Gasteiger partial charge in [0.2, 0.25) is 0 Å². The molecule has 4 rings (SSSR count). The molecule has 5 nitrogen and oxygen atoms in total. The molecule has 1 saturated heterocycles. The third kappa shape index (κ3) is 2.64. The van der Waals surface area contributed by atoms with E-state index < -0.39 is 0 Å². The smallest absolute Gasteiger partial charge is 0.191 e. The van der Waals surface area contributed by atoms with Gasteiger partial charge >= 0.3 is 0 Å². The van der Waals surface area contributed by atoms with Gasteiger partial charge in [-0.2, -0.15) is 0 Å². The maximum Gasteiger partial charge on any atom is 0.191 e. The second kappa shape index (κ2) is 6.64. The standard InChI is InChI=1S/C18H28N4OS/c1-3-12-10-20-14(24-12)11-21-17(19-2)22-15-13-6-9-23-16(13)18(15)7-4-5-8-18/h10,13,15-16H,3-9,11H2,1-2H3,(H2,19,21,22). The Labute approximate surface area is 148 Å². The first-order valence-electron chi connectivity index (χ1n) is 9.29. The van der Waals surface area contributed by atoms with Gasteiger partial charge in [0.25, 0.3) is 0 Å². The van der Waals surface area contributed by atoms with Gasteiger partial charge in [-0.3, -0.25) is 4.99 Å². The van der Waals surface area contributed by atoms with Crippen molar-refractivity contribution in [3.8, 4) is 0 Å². The van der Waals surface area contributed by atoms with E-state index in [2.05, 4.69) is 27.5 Å². The van der Waals surface area contributed by atoms with E-state index in [9.17, 15) is 0 Å². The molecule has 3 fully saturated rings. The van der Waals surface area contributed by atoms with E-state index in [1.807, 2.05) is 13.2 Å². The summed E-state index contributed by atoms with van der Waals surface area (Å²) in [4.78, 5) is 10.3. The predicted molar refractivity (Wildman–Crippen MR) is 97.4 cm³/mol. The minimum absolute atomic E-state index is 0.356. The van der Waals surface area contributed by atoms with Gasteiger partial charge in [-0.1, -0.05) is 19.8 Å². The van der Waals surface area contributed by atoms with Crippen LogP contribution < -0.4 is 10.6 Å². The van der Waals surface area contributed by atoms with E-state index in [4.69, 9.17) is 4.74 Å². The van der Waals surface area contributed by atoms with Crippen LogP contribution in [-0.2, 0) is 17.7 Å². The first kappa shape index (κ1) is 16.3. The van der Waals surface area contributed by atoms with E-state index in [1.165, 1.54) is 37.0 Å². The lowest BCUT2D eigenvalue weighted by Gasteiger charge is -2.57. The molecule has 0 amide bonds. The summed E-state index contributed by atoms with van der Waals surface area (Å²) in [7, 11) is 1.86. The number of aliphatic imine (C=N–C) groups is 1. The van der Waals surface area contributed by atoms with Crippen LogP contribution >= 0.6 is 11.3 Å². The third-order valence-corrected chi connectivity index (χ3v) is 7.30. The average Bonchev–Trinajstić information content (AvgIpc) is 3.34. The Balaban J connectivity index is 1.39. The zero-order valence-corrected chi connectivity index (χ0v) is 15.5. The van der Waals surface area contributed by atoms with E-state index >= 15 is 0 Å². The van der Waals surface area contributed by atoms with Crippen LogP contribution in [0.2, 0.25) is 0 Å². The number of aromatic nitrogens is 1. The molecule has 2 N–H and O–H groups in total. The highest BCUT2D eigenvalue weighted by Gasteiger charge is 2.65. The molecule has 3 atom stereocenters. The summed E-state index contributed by atoms with van der Waals surface area (Å²) in [5, 5.41) is 8.31. The molecule has 1 aromatic heterocycles. The van der Waals surface area contributed by atoms with Crippen LogP contribution in [-0.4, -0.2) is 36.7 Å². The number of aryl methyl sites for hydroxylation is 1. The average molecular weight is 349 g/mol. The van der Waals surface area contributed by atoms with Crippen molar-refractivity contribution in [1.29, 1.82) is 0 Å². The van der Waals surface area contributed by atoms with Gasteiger partial charge in [-0.25, -0.2) is 4.98 Å². The van der Waals surface area contributed by atoms with Gasteiger partial charge in [-0.15, -0.1) is 11.3 Å². The molecule has 1 spiro atoms. The lowest BCUT2D eigenvalue weighted by atomic mass is 9.54. The molecule has 0 bridgehead atoms. The van der Waals surface area contributed by atoms with Crippen LogP contribution in [0.5, 0.6) is 0 Å². The highest BCUT2D eigenvalue weighted by Crippen LogP contribution is 2.60. The van der Waals surface area contributed by atoms with Crippen LogP contribution in [0, 0.1) is 11.3 Å². The largest absolute Gasteiger partial charge is 0.377 e. The van der Waals surface area contributed by atoms with Gasteiger partial charge in [0.15, 0.2) is 5.96 Å². The molecular formula is C18H28N4OS. The normalized spacial score (nSPS) is 31.1. The highest BCUT2D eigenvalue weighted by atomic mass is 32.1. The SMILES string of the molecule is CCc1cnc(CNC(=NC)NC2C3CCOC3C23CCCC3)s1. The van der Waals surface area contributed by atoms with Crippen molar-refractivity contribution >= 4 is 17.3 Å². The number of guanidine groups is 1. The molecule has 132 valence electrons. The first-order chi connectivity index (χ1) is 11.8. The summed E-state index contributed by atoms with van der Waals surface area (Å²) in [5.74, 6) is 1.57. The van der Waals surface area contributed by atoms with Gasteiger partial charge in [0, 0.05) is 42.1 Å². The zero-order chi connectivity index (χ0) is 16.6. The van der Waals surface area contributed by atoms with Crippen molar-refractivity contribution < 1.29 is 4.74 Å². The van der Waals surface area contributed by atoms with Gasteiger partial charge in [0.1, 0.15) is 5.01 Å². The van der Waals surface area contributed by atoms with Crippen LogP contribution in [0.25, 0.3) is 0 Å². The summed E-state index contributed by atoms with van der Waals surface area (Å²) in [6.07, 6.45) is 10.0. The predicted octanol–water partition coefficient (Wildman–Crippen LogP) is 2.72. The summed E-state index contributed by atoms with van der Waals surface area (Å²) < 4.78 is 6.07. The van der Waals surface area contributed by atoms with Crippen LogP contribution in [0.3, 0.4) is 0 Å². The second-order valence-corrected chi connectivity index (χ2v) is 8.51. The maximum atomic E-state index is 6.07. The molecular weight excluding hydrogens is 320 g/mol. The number of rotatable bonds is 4. The third-order valence-electron chi connectivity index (χ3n) is 6.16. The minimum atomic E-state index is 0.356. The molecule has 3 aliphatic rings. The summed E-state index contributed by atoms with van der Waals surface area (Å²) in [6.45, 7) is 3.85. The fourth-order valence-corrected chi connectivity index (χ4v) is 5.80. The maximum absolute atomic E-state index is 6.07. The number of hydrogen-bond donors (Lipinski definition) is 2. The first-order valence-corrected chi connectivity index (χ1v) is 10.1. The quantitative estimate of drug-likeness (QED) is 0.649. The van der Waals surface area contributed by atoms with Gasteiger partial charge in [-0.05, 0) is 25.7 Å². The Morgan fingerprint density at radius 2 is 2.29 bits per heavy atom. The van der Waals surface area contributed by atoms with Gasteiger partial charge < -0.3 is 15.4 Å². The Bertz CT molecular complexity index is 608. The molecule has 24 heavy (non-hydrogen) atoms. The van der Waals surface area contributed by atoms with Crippen LogP contribution in [0.1, 0.15) is 48.9 Å². The summed E-state index contributed by atoms with van der Waals surface area (Å²) in [5.41, 5.74) is 0.356. The van der Waals surface area contributed by atoms with Crippen molar-refractivity contribution in [3.63, 3.8) is 0 Å². The molecule has 6 heteroatoms. The lowest BCUT2D eigenvalue weighted by molar-refractivity contribution is -0.125. The topological polar surface area (TPSA) is 58.5 Å². The molecule has 2 aliphatic carbocycles. The van der Waals surface area contributed by atoms with Crippen LogP contribution in [0.15, 0.2) is 11.2 Å². The van der Waals surface area contributed by atoms with Crippen molar-refractivity contribution in [3.05, 3.63) is 16.1 Å².